The SMILES string of the molecule is [2H]C#CC(=O)N([2H])Cc1ccccc1. The lowest BCUT2D eigenvalue weighted by atomic mass is 10.2. The van der Waals surface area contributed by atoms with Crippen LogP contribution >= 0.6 is 0 Å². The van der Waals surface area contributed by atoms with Crippen molar-refractivity contribution in [2.75, 3.05) is 0 Å². The van der Waals surface area contributed by atoms with Crippen molar-refractivity contribution in [2.24, 2.45) is 0 Å². The van der Waals surface area contributed by atoms with Gasteiger partial charge in [0, 0.05) is 6.54 Å². The molecule has 0 aliphatic rings. The molecule has 0 saturated carbocycles. The maximum Gasteiger partial charge on any atom is 0.295 e. The molecule has 0 aliphatic carbocycles. The summed E-state index contributed by atoms with van der Waals surface area (Å²) >= 11 is 0. The Morgan fingerprint density at radius 3 is 3.08 bits per heavy atom. The standard InChI is InChI=1S/C10H9NO/c1-2-10(12)11-8-9-6-4-3-5-7-9/h1,3-7H,8H2,(H,11,12)/i1D/hD. The van der Waals surface area contributed by atoms with Gasteiger partial charge < -0.3 is 5.31 Å². The van der Waals surface area contributed by atoms with Crippen LogP contribution in [0.3, 0.4) is 0 Å². The first-order valence-corrected chi connectivity index (χ1v) is 3.51. The van der Waals surface area contributed by atoms with Gasteiger partial charge in [0.25, 0.3) is 5.91 Å². The molecule has 0 bridgehead atoms. The molecule has 0 heterocycles. The zero-order valence-corrected chi connectivity index (χ0v) is 6.45. The molecule has 60 valence electrons. The number of hydrogen-bond donors (Lipinski definition) is 1. The highest BCUT2D eigenvalue weighted by Crippen LogP contribution is 1.96. The van der Waals surface area contributed by atoms with Gasteiger partial charge in [0.1, 0.15) is 1.37 Å². The molecule has 1 rings (SSSR count). The number of carbonyl (C=O) groups is 1. The number of carbonyl (C=O) groups excluding carboxylic acids is 1. The summed E-state index contributed by atoms with van der Waals surface area (Å²) in [6.07, 6.45) is 1.72. The minimum absolute atomic E-state index is 0.189. The van der Waals surface area contributed by atoms with Crippen LogP contribution in [-0.4, -0.2) is 5.91 Å². The molecule has 1 amide bonds. The maximum atomic E-state index is 11.0. The Kier molecular flexibility index (Phi) is 2.04. The number of rotatable bonds is 2. The molecule has 1 N–H and O–H groups in total. The van der Waals surface area contributed by atoms with E-state index in [1.165, 1.54) is 0 Å². The normalized spacial score (nSPS) is 10.3. The molecule has 0 radical (unpaired) electrons. The largest absolute Gasteiger partial charge is 0.341 e. The molecular weight excluding hydrogens is 150 g/mol. The van der Waals surface area contributed by atoms with Gasteiger partial charge in [-0.25, -0.2) is 0 Å². The summed E-state index contributed by atoms with van der Waals surface area (Å²) in [5, 5.41) is 0.733. The van der Waals surface area contributed by atoms with E-state index in [1.54, 1.807) is 6.40 Å². The maximum absolute atomic E-state index is 11.0. The third-order valence-electron chi connectivity index (χ3n) is 1.35. The fourth-order valence-electron chi connectivity index (χ4n) is 0.786. The smallest absolute Gasteiger partial charge is 0.295 e. The highest BCUT2D eigenvalue weighted by Gasteiger charge is 1.93. The van der Waals surface area contributed by atoms with E-state index in [-0.39, 0.29) is 6.54 Å². The molecule has 0 fully saturated rings. The first-order chi connectivity index (χ1) is 6.74. The van der Waals surface area contributed by atoms with E-state index in [0.717, 1.165) is 10.9 Å². The van der Waals surface area contributed by atoms with Crippen molar-refractivity contribution < 1.29 is 7.58 Å². The van der Waals surface area contributed by atoms with Crippen LogP contribution in [0.1, 0.15) is 6.93 Å². The minimum Gasteiger partial charge on any atom is -0.341 e. The van der Waals surface area contributed by atoms with Crippen LogP contribution in [0.15, 0.2) is 30.3 Å². The van der Waals surface area contributed by atoms with E-state index in [0.29, 0.717) is 0 Å². The fourth-order valence-corrected chi connectivity index (χ4v) is 0.786. The predicted molar refractivity (Wildman–Crippen MR) is 47.1 cm³/mol. The molecule has 0 aromatic heterocycles. The van der Waals surface area contributed by atoms with Crippen molar-refractivity contribution in [1.82, 2.24) is 5.31 Å². The number of hydrogen-bond acceptors (Lipinski definition) is 1. The molecule has 0 aliphatic heterocycles. The fraction of sp³-hybridized carbons (Fsp3) is 0.100. The van der Waals surface area contributed by atoms with E-state index < -0.39 is 5.91 Å². The van der Waals surface area contributed by atoms with Crippen molar-refractivity contribution in [2.45, 2.75) is 6.54 Å². The van der Waals surface area contributed by atoms with Gasteiger partial charge >= 0.3 is 0 Å². The average molecular weight is 161 g/mol. The molecular formula is C10H9NO. The lowest BCUT2D eigenvalue weighted by Gasteiger charge is -1.99. The number of nitrogens with one attached hydrogen (secondary N) is 1. The minimum atomic E-state index is -0.663. The second-order valence-electron chi connectivity index (χ2n) is 2.23. The molecule has 0 saturated heterocycles. The zero-order valence-electron chi connectivity index (χ0n) is 8.45. The van der Waals surface area contributed by atoms with E-state index in [1.807, 2.05) is 36.3 Å². The quantitative estimate of drug-likeness (QED) is 0.642. The third kappa shape index (κ3) is 2.47. The predicted octanol–water partition coefficient (Wildman–Crippen LogP) is 0.936. The van der Waals surface area contributed by atoms with Crippen LogP contribution in [0.25, 0.3) is 0 Å². The van der Waals surface area contributed by atoms with Crippen molar-refractivity contribution in [3.63, 3.8) is 0 Å². The molecule has 2 nitrogen and oxygen atoms in total. The molecule has 1 aromatic rings. The summed E-state index contributed by atoms with van der Waals surface area (Å²) in [7, 11) is 0. The number of benzene rings is 1. The second-order valence-corrected chi connectivity index (χ2v) is 2.23. The molecule has 12 heavy (non-hydrogen) atoms. The van der Waals surface area contributed by atoms with Gasteiger partial charge in [-0.3, -0.25) is 4.79 Å². The topological polar surface area (TPSA) is 29.1 Å². The van der Waals surface area contributed by atoms with Crippen LogP contribution in [0.2, 0.25) is 1.41 Å². The van der Waals surface area contributed by atoms with Gasteiger partial charge in [-0.1, -0.05) is 30.3 Å². The highest BCUT2D eigenvalue weighted by molar-refractivity contribution is 5.92. The van der Waals surface area contributed by atoms with Crippen molar-refractivity contribution in [3.05, 3.63) is 35.9 Å². The Morgan fingerprint density at radius 1 is 1.67 bits per heavy atom. The van der Waals surface area contributed by atoms with Gasteiger partial charge in [-0.2, -0.15) is 0 Å². The molecule has 0 atom stereocenters. The molecule has 1 aromatic carbocycles. The van der Waals surface area contributed by atoms with Crippen molar-refractivity contribution in [3.8, 4) is 12.3 Å². The van der Waals surface area contributed by atoms with E-state index in [9.17, 15) is 4.79 Å². The van der Waals surface area contributed by atoms with Gasteiger partial charge in [0.15, 0.2) is 1.41 Å². The van der Waals surface area contributed by atoms with Crippen LogP contribution in [-0.2, 0) is 11.3 Å². The summed E-state index contributed by atoms with van der Waals surface area (Å²) in [6.45, 7) is 0.189. The summed E-state index contributed by atoms with van der Waals surface area (Å²) in [6, 6.07) is 9.18. The summed E-state index contributed by atoms with van der Waals surface area (Å²) in [4.78, 5) is 11.0. The Labute approximate surface area is 74.5 Å². The summed E-state index contributed by atoms with van der Waals surface area (Å²) < 4.78 is 13.8. The zero-order chi connectivity index (χ0) is 10.4. The summed E-state index contributed by atoms with van der Waals surface area (Å²) in [5.74, 6) is 1.32. The van der Waals surface area contributed by atoms with E-state index >= 15 is 0 Å². The van der Waals surface area contributed by atoms with Gasteiger partial charge in [0.2, 0.25) is 0 Å². The Balaban J connectivity index is 2.60. The first-order valence-electron chi connectivity index (χ1n) is 4.46. The highest BCUT2D eigenvalue weighted by atomic mass is 16.1. The Morgan fingerprint density at radius 2 is 2.42 bits per heavy atom. The Hall–Kier alpha value is -1.75. The van der Waals surface area contributed by atoms with Crippen LogP contribution in [0, 0.1) is 12.3 Å². The molecule has 0 spiro atoms. The molecule has 0 unspecified atom stereocenters. The first kappa shape index (κ1) is 5.84. The van der Waals surface area contributed by atoms with Crippen LogP contribution < -0.4 is 5.31 Å². The van der Waals surface area contributed by atoms with E-state index in [4.69, 9.17) is 2.78 Å². The second kappa shape index (κ2) is 4.20. The van der Waals surface area contributed by atoms with Gasteiger partial charge in [-0.15, -0.1) is 6.40 Å². The van der Waals surface area contributed by atoms with Gasteiger partial charge in [-0.05, 0) is 11.5 Å². The monoisotopic (exact) mass is 161 g/mol. The summed E-state index contributed by atoms with van der Waals surface area (Å²) in [5.41, 5.74) is 0.864. The molecule has 2 heteroatoms. The third-order valence-corrected chi connectivity index (χ3v) is 1.35. The van der Waals surface area contributed by atoms with Crippen LogP contribution in [0.4, 0.5) is 0 Å². The lowest BCUT2D eigenvalue weighted by molar-refractivity contribution is -0.115. The van der Waals surface area contributed by atoms with Crippen LogP contribution in [0.5, 0.6) is 0 Å². The number of amides is 1. The van der Waals surface area contributed by atoms with E-state index in [2.05, 4.69) is 0 Å². The Bertz CT molecular complexity index is 367. The lowest BCUT2D eigenvalue weighted by Crippen LogP contribution is -2.20. The average Bonchev–Trinajstić information content (AvgIpc) is 2.19. The number of terminal acetylenes is 1. The van der Waals surface area contributed by atoms with Crippen molar-refractivity contribution >= 4 is 5.91 Å². The van der Waals surface area contributed by atoms with Crippen molar-refractivity contribution in [1.29, 1.82) is 0 Å². The van der Waals surface area contributed by atoms with Gasteiger partial charge in [0.05, 0.1) is 0 Å².